The van der Waals surface area contributed by atoms with Gasteiger partial charge in [0.15, 0.2) is 0 Å². The molecular weight excluding hydrogens is 229 g/mol. The second-order valence-electron chi connectivity index (χ2n) is 3.32. The van der Waals surface area contributed by atoms with Gasteiger partial charge in [0, 0.05) is 6.20 Å². The summed E-state index contributed by atoms with van der Waals surface area (Å²) < 4.78 is 12.7. The maximum Gasteiger partial charge on any atom is 0.123 e. The maximum atomic E-state index is 12.7. The molecule has 0 aliphatic heterocycles. The predicted molar refractivity (Wildman–Crippen MR) is 59.7 cm³/mol. The topological polar surface area (TPSA) is 33.1 Å². The van der Waals surface area contributed by atoms with Crippen LogP contribution < -0.4 is 0 Å². The van der Waals surface area contributed by atoms with E-state index in [0.717, 1.165) is 0 Å². The summed E-state index contributed by atoms with van der Waals surface area (Å²) in [5, 5.41) is 10.4. The number of hydrogen-bond acceptors (Lipinski definition) is 2. The fourth-order valence-electron chi connectivity index (χ4n) is 1.40. The van der Waals surface area contributed by atoms with E-state index in [1.807, 2.05) is 0 Å². The second-order valence-corrected chi connectivity index (χ2v) is 3.73. The lowest BCUT2D eigenvalue weighted by Gasteiger charge is -2.11. The number of nitrogens with zero attached hydrogens (tertiary/aromatic N) is 1. The van der Waals surface area contributed by atoms with Crippen molar-refractivity contribution in [2.24, 2.45) is 0 Å². The minimum Gasteiger partial charge on any atom is -0.382 e. The lowest BCUT2D eigenvalue weighted by atomic mass is 10.1. The van der Waals surface area contributed by atoms with Gasteiger partial charge < -0.3 is 5.11 Å². The first-order valence-electron chi connectivity index (χ1n) is 4.72. The van der Waals surface area contributed by atoms with Crippen LogP contribution in [0.4, 0.5) is 4.39 Å². The van der Waals surface area contributed by atoms with Gasteiger partial charge in [-0.25, -0.2) is 4.39 Å². The van der Waals surface area contributed by atoms with E-state index >= 15 is 0 Å². The molecule has 1 aromatic carbocycles. The molecule has 0 saturated heterocycles. The summed E-state index contributed by atoms with van der Waals surface area (Å²) >= 11 is 5.90. The first-order chi connectivity index (χ1) is 7.68. The minimum absolute atomic E-state index is 0.344. The molecule has 1 aromatic heterocycles. The molecule has 2 aromatic rings. The number of aliphatic hydroxyl groups is 1. The highest BCUT2D eigenvalue weighted by atomic mass is 35.5. The maximum absolute atomic E-state index is 12.7. The molecule has 0 fully saturated rings. The van der Waals surface area contributed by atoms with Crippen molar-refractivity contribution >= 4 is 11.6 Å². The van der Waals surface area contributed by atoms with Crippen LogP contribution >= 0.6 is 11.6 Å². The molecule has 0 spiro atoms. The van der Waals surface area contributed by atoms with Crippen molar-refractivity contribution in [3.05, 3.63) is 64.7 Å². The fraction of sp³-hybridized carbons (Fsp3) is 0.0833. The van der Waals surface area contributed by atoms with E-state index in [0.29, 0.717) is 16.3 Å². The summed E-state index contributed by atoms with van der Waals surface area (Å²) in [4.78, 5) is 4.00. The third-order valence-corrected chi connectivity index (χ3v) is 2.55. The van der Waals surface area contributed by atoms with E-state index in [2.05, 4.69) is 4.98 Å². The molecule has 1 N–H and O–H groups in total. The molecule has 0 radical (unpaired) electrons. The number of aromatic nitrogens is 1. The molecule has 82 valence electrons. The SMILES string of the molecule is OC(c1ccc(F)cc1)c1ncccc1Cl. The first kappa shape index (κ1) is 11.0. The number of rotatable bonds is 2. The molecule has 1 atom stereocenters. The lowest BCUT2D eigenvalue weighted by Crippen LogP contribution is -2.02. The largest absolute Gasteiger partial charge is 0.382 e. The zero-order chi connectivity index (χ0) is 11.5. The summed E-state index contributed by atoms with van der Waals surface area (Å²) in [6, 6.07) is 8.92. The highest BCUT2D eigenvalue weighted by molar-refractivity contribution is 6.31. The van der Waals surface area contributed by atoms with Crippen molar-refractivity contribution in [2.45, 2.75) is 6.10 Å². The molecule has 2 nitrogen and oxygen atoms in total. The van der Waals surface area contributed by atoms with Crippen LogP contribution in [0.2, 0.25) is 5.02 Å². The lowest BCUT2D eigenvalue weighted by molar-refractivity contribution is 0.215. The van der Waals surface area contributed by atoms with Crippen LogP contribution in [0.3, 0.4) is 0 Å². The van der Waals surface area contributed by atoms with Crippen molar-refractivity contribution in [3.8, 4) is 0 Å². The normalized spacial score (nSPS) is 12.4. The Morgan fingerprint density at radius 3 is 2.50 bits per heavy atom. The summed E-state index contributed by atoms with van der Waals surface area (Å²) in [7, 11) is 0. The Morgan fingerprint density at radius 2 is 1.88 bits per heavy atom. The third kappa shape index (κ3) is 2.21. The molecular formula is C12H9ClFNO. The van der Waals surface area contributed by atoms with E-state index in [1.165, 1.54) is 24.3 Å². The van der Waals surface area contributed by atoms with Gasteiger partial charge >= 0.3 is 0 Å². The number of pyridine rings is 1. The van der Waals surface area contributed by atoms with Gasteiger partial charge in [0.25, 0.3) is 0 Å². The smallest absolute Gasteiger partial charge is 0.123 e. The first-order valence-corrected chi connectivity index (χ1v) is 5.10. The van der Waals surface area contributed by atoms with Crippen LogP contribution in [0.1, 0.15) is 17.4 Å². The van der Waals surface area contributed by atoms with Crippen LogP contribution in [-0.2, 0) is 0 Å². The van der Waals surface area contributed by atoms with E-state index in [-0.39, 0.29) is 5.82 Å². The standard InChI is InChI=1S/C12H9ClFNO/c13-10-2-1-7-15-11(10)12(16)8-3-5-9(14)6-4-8/h1-7,12,16H. The number of aliphatic hydroxyl groups excluding tert-OH is 1. The van der Waals surface area contributed by atoms with Gasteiger partial charge in [0.2, 0.25) is 0 Å². The Morgan fingerprint density at radius 1 is 1.19 bits per heavy atom. The molecule has 0 bridgehead atoms. The Labute approximate surface area is 97.3 Å². The van der Waals surface area contributed by atoms with Gasteiger partial charge in [-0.15, -0.1) is 0 Å². The average Bonchev–Trinajstić information content (AvgIpc) is 2.30. The third-order valence-electron chi connectivity index (χ3n) is 2.23. The highest BCUT2D eigenvalue weighted by Crippen LogP contribution is 2.25. The van der Waals surface area contributed by atoms with Crippen LogP contribution in [0, 0.1) is 5.82 Å². The van der Waals surface area contributed by atoms with E-state index in [4.69, 9.17) is 11.6 Å². The van der Waals surface area contributed by atoms with E-state index in [1.54, 1.807) is 18.3 Å². The van der Waals surface area contributed by atoms with Crippen molar-refractivity contribution in [1.82, 2.24) is 4.98 Å². The molecule has 4 heteroatoms. The predicted octanol–water partition coefficient (Wildman–Crippen LogP) is 2.96. The van der Waals surface area contributed by atoms with Gasteiger partial charge in [0.05, 0.1) is 10.7 Å². The van der Waals surface area contributed by atoms with Crippen LogP contribution in [0.5, 0.6) is 0 Å². The fourth-order valence-corrected chi connectivity index (χ4v) is 1.63. The molecule has 0 saturated carbocycles. The van der Waals surface area contributed by atoms with Crippen LogP contribution in [-0.4, -0.2) is 10.1 Å². The van der Waals surface area contributed by atoms with Crippen LogP contribution in [0.25, 0.3) is 0 Å². The molecule has 1 heterocycles. The zero-order valence-corrected chi connectivity index (χ0v) is 9.03. The summed E-state index contributed by atoms with van der Waals surface area (Å²) in [6.07, 6.45) is 0.614. The Hall–Kier alpha value is -1.45. The summed E-state index contributed by atoms with van der Waals surface area (Å²) in [5.74, 6) is -0.344. The number of hydrogen-bond donors (Lipinski definition) is 1. The molecule has 1 unspecified atom stereocenters. The Bertz CT molecular complexity index is 487. The Kier molecular flexibility index (Phi) is 3.17. The van der Waals surface area contributed by atoms with Gasteiger partial charge in [-0.2, -0.15) is 0 Å². The molecule has 2 rings (SSSR count). The second kappa shape index (κ2) is 4.60. The Balaban J connectivity index is 2.35. The van der Waals surface area contributed by atoms with Gasteiger partial charge in [-0.05, 0) is 29.8 Å². The van der Waals surface area contributed by atoms with Crippen molar-refractivity contribution in [3.63, 3.8) is 0 Å². The van der Waals surface area contributed by atoms with Gasteiger partial charge in [0.1, 0.15) is 11.9 Å². The molecule has 0 amide bonds. The summed E-state index contributed by atoms with van der Waals surface area (Å²) in [5.41, 5.74) is 0.928. The van der Waals surface area contributed by atoms with E-state index < -0.39 is 6.10 Å². The van der Waals surface area contributed by atoms with Crippen molar-refractivity contribution < 1.29 is 9.50 Å². The minimum atomic E-state index is -0.936. The van der Waals surface area contributed by atoms with Gasteiger partial charge in [-0.3, -0.25) is 4.98 Å². The van der Waals surface area contributed by atoms with Crippen LogP contribution in [0.15, 0.2) is 42.6 Å². The average molecular weight is 238 g/mol. The quantitative estimate of drug-likeness (QED) is 0.871. The zero-order valence-electron chi connectivity index (χ0n) is 8.27. The number of halogens is 2. The van der Waals surface area contributed by atoms with Gasteiger partial charge in [-0.1, -0.05) is 23.7 Å². The van der Waals surface area contributed by atoms with E-state index in [9.17, 15) is 9.50 Å². The monoisotopic (exact) mass is 237 g/mol. The molecule has 0 aliphatic rings. The molecule has 16 heavy (non-hydrogen) atoms. The number of benzene rings is 1. The molecule has 0 aliphatic carbocycles. The van der Waals surface area contributed by atoms with Crippen molar-refractivity contribution in [2.75, 3.05) is 0 Å². The summed E-state index contributed by atoms with van der Waals surface area (Å²) in [6.45, 7) is 0. The van der Waals surface area contributed by atoms with Crippen molar-refractivity contribution in [1.29, 1.82) is 0 Å². The highest BCUT2D eigenvalue weighted by Gasteiger charge is 2.14.